The molecule has 120 valence electrons. The van der Waals surface area contributed by atoms with Crippen molar-refractivity contribution in [3.8, 4) is 17.1 Å². The van der Waals surface area contributed by atoms with Gasteiger partial charge in [-0.2, -0.15) is 5.10 Å². The molecule has 0 unspecified atom stereocenters. The molecule has 7 heteroatoms. The van der Waals surface area contributed by atoms with E-state index >= 15 is 0 Å². The molecule has 0 aliphatic rings. The summed E-state index contributed by atoms with van der Waals surface area (Å²) in [5.41, 5.74) is 4.54. The quantitative estimate of drug-likeness (QED) is 0.498. The first-order valence-corrected chi connectivity index (χ1v) is 7.87. The lowest BCUT2D eigenvalue weighted by atomic mass is 10.2. The molecule has 0 saturated carbocycles. The summed E-state index contributed by atoms with van der Waals surface area (Å²) in [5, 5.41) is 9.89. The Morgan fingerprint density at radius 3 is 2.64 bits per heavy atom. The summed E-state index contributed by atoms with van der Waals surface area (Å²) in [5.74, 6) is 0.639. The van der Waals surface area contributed by atoms with Crippen LogP contribution < -0.4 is 0 Å². The van der Waals surface area contributed by atoms with Crippen molar-refractivity contribution in [2.24, 2.45) is 0 Å². The van der Waals surface area contributed by atoms with E-state index in [-0.39, 0.29) is 0 Å². The summed E-state index contributed by atoms with van der Waals surface area (Å²) < 4.78 is 3.52. The summed E-state index contributed by atoms with van der Waals surface area (Å²) in [4.78, 5) is 13.2. The summed E-state index contributed by atoms with van der Waals surface area (Å²) in [6.45, 7) is 2.06. The largest absolute Gasteiger partial charge is 0.265 e. The molecule has 1 aromatic carbocycles. The second kappa shape index (κ2) is 5.20. The van der Waals surface area contributed by atoms with Crippen LogP contribution in [0.25, 0.3) is 33.8 Å². The molecule has 0 radical (unpaired) electrons. The van der Waals surface area contributed by atoms with Crippen LogP contribution in [-0.4, -0.2) is 34.3 Å². The van der Waals surface area contributed by atoms with E-state index in [0.717, 1.165) is 33.5 Å². The van der Waals surface area contributed by atoms with E-state index < -0.39 is 0 Å². The van der Waals surface area contributed by atoms with Crippen molar-refractivity contribution in [1.82, 2.24) is 34.3 Å². The molecule has 0 fully saturated rings. The highest BCUT2D eigenvalue weighted by Crippen LogP contribution is 2.23. The zero-order valence-electron chi connectivity index (χ0n) is 13.4. The average Bonchev–Trinajstić information content (AvgIpc) is 3.26. The molecule has 0 aliphatic carbocycles. The van der Waals surface area contributed by atoms with Crippen LogP contribution in [0.1, 0.15) is 5.56 Å². The second-order valence-electron chi connectivity index (χ2n) is 5.76. The van der Waals surface area contributed by atoms with Gasteiger partial charge >= 0.3 is 0 Å². The van der Waals surface area contributed by atoms with Gasteiger partial charge in [-0.25, -0.2) is 19.2 Å². The predicted octanol–water partition coefficient (Wildman–Crippen LogP) is 2.83. The highest BCUT2D eigenvalue weighted by atomic mass is 15.3. The zero-order chi connectivity index (χ0) is 16.8. The lowest BCUT2D eigenvalue weighted by molar-refractivity contribution is 0.876. The predicted molar refractivity (Wildman–Crippen MR) is 93.4 cm³/mol. The molecular formula is C18H13N7. The van der Waals surface area contributed by atoms with Crippen molar-refractivity contribution < 1.29 is 0 Å². The molecule has 0 aliphatic heterocycles. The molecule has 0 N–H and O–H groups in total. The van der Waals surface area contributed by atoms with Gasteiger partial charge in [0.1, 0.15) is 6.33 Å². The number of rotatable bonds is 2. The van der Waals surface area contributed by atoms with Crippen LogP contribution >= 0.6 is 0 Å². The van der Waals surface area contributed by atoms with E-state index in [9.17, 15) is 0 Å². The number of hydrogen-bond donors (Lipinski definition) is 0. The number of para-hydroxylation sites is 1. The lowest BCUT2D eigenvalue weighted by Crippen LogP contribution is -2.00. The summed E-state index contributed by atoms with van der Waals surface area (Å²) in [6, 6.07) is 11.9. The van der Waals surface area contributed by atoms with Gasteiger partial charge < -0.3 is 0 Å². The maximum absolute atomic E-state index is 4.67. The normalized spacial score (nSPS) is 11.4. The van der Waals surface area contributed by atoms with Crippen LogP contribution in [0.3, 0.4) is 0 Å². The number of hydrogen-bond acceptors (Lipinski definition) is 5. The minimum absolute atomic E-state index is 0.639. The van der Waals surface area contributed by atoms with Gasteiger partial charge in [-0.1, -0.05) is 18.2 Å². The average molecular weight is 327 g/mol. The minimum atomic E-state index is 0.639. The summed E-state index contributed by atoms with van der Waals surface area (Å²) in [7, 11) is 0. The van der Waals surface area contributed by atoms with Gasteiger partial charge in [0, 0.05) is 18.0 Å². The van der Waals surface area contributed by atoms with Crippen molar-refractivity contribution in [2.45, 2.75) is 6.92 Å². The van der Waals surface area contributed by atoms with Gasteiger partial charge in [0.2, 0.25) is 0 Å². The van der Waals surface area contributed by atoms with Crippen LogP contribution in [0, 0.1) is 6.92 Å². The Labute approximate surface area is 142 Å². The number of pyridine rings is 1. The maximum atomic E-state index is 4.67. The highest BCUT2D eigenvalue weighted by molar-refractivity contribution is 5.90. The van der Waals surface area contributed by atoms with E-state index in [2.05, 4.69) is 38.1 Å². The monoisotopic (exact) mass is 327 g/mol. The fourth-order valence-corrected chi connectivity index (χ4v) is 2.92. The van der Waals surface area contributed by atoms with Crippen LogP contribution in [-0.2, 0) is 0 Å². The number of benzene rings is 1. The number of nitrogens with zero attached hydrogens (tertiary/aromatic N) is 7. The second-order valence-corrected chi connectivity index (χ2v) is 5.76. The molecule has 0 spiro atoms. The van der Waals surface area contributed by atoms with Gasteiger partial charge in [-0.05, 0) is 30.7 Å². The van der Waals surface area contributed by atoms with E-state index in [1.165, 1.54) is 0 Å². The number of fused-ring (bicyclic) bond motifs is 3. The molecule has 4 aromatic heterocycles. The minimum Gasteiger partial charge on any atom is -0.265 e. The maximum Gasteiger partial charge on any atom is 0.182 e. The van der Waals surface area contributed by atoms with Crippen LogP contribution in [0.2, 0.25) is 0 Å². The van der Waals surface area contributed by atoms with E-state index in [4.69, 9.17) is 0 Å². The lowest BCUT2D eigenvalue weighted by Gasteiger charge is -2.05. The Morgan fingerprint density at radius 2 is 1.80 bits per heavy atom. The van der Waals surface area contributed by atoms with Crippen molar-refractivity contribution in [2.75, 3.05) is 0 Å². The molecule has 4 heterocycles. The van der Waals surface area contributed by atoms with Crippen molar-refractivity contribution in [1.29, 1.82) is 0 Å². The van der Waals surface area contributed by atoms with Crippen molar-refractivity contribution >= 4 is 16.7 Å². The third kappa shape index (κ3) is 2.09. The van der Waals surface area contributed by atoms with E-state index in [1.54, 1.807) is 29.4 Å². The third-order valence-electron chi connectivity index (χ3n) is 4.19. The van der Waals surface area contributed by atoms with Gasteiger partial charge in [-0.3, -0.25) is 4.98 Å². The SMILES string of the molecule is Cc1ccccc1-n1ncc2c1ncn1nc(-c3ccncc3)nc21. The smallest absolute Gasteiger partial charge is 0.182 e. The van der Waals surface area contributed by atoms with Crippen LogP contribution in [0.15, 0.2) is 61.3 Å². The molecule has 0 saturated heterocycles. The Balaban J connectivity index is 1.74. The Kier molecular flexibility index (Phi) is 2.87. The Morgan fingerprint density at radius 1 is 0.960 bits per heavy atom. The number of aryl methyl sites for hydroxylation is 1. The number of aromatic nitrogens is 7. The topological polar surface area (TPSA) is 73.8 Å². The molecule has 5 aromatic rings. The molecule has 0 amide bonds. The Hall–Kier alpha value is -3.61. The van der Waals surface area contributed by atoms with Crippen LogP contribution in [0.4, 0.5) is 0 Å². The van der Waals surface area contributed by atoms with Gasteiger partial charge in [0.05, 0.1) is 17.3 Å². The first kappa shape index (κ1) is 13.8. The van der Waals surface area contributed by atoms with E-state index in [0.29, 0.717) is 5.82 Å². The van der Waals surface area contributed by atoms with Gasteiger partial charge in [-0.15, -0.1) is 5.10 Å². The molecule has 0 atom stereocenters. The summed E-state index contributed by atoms with van der Waals surface area (Å²) in [6.07, 6.45) is 6.91. The first-order valence-electron chi connectivity index (χ1n) is 7.87. The third-order valence-corrected chi connectivity index (χ3v) is 4.19. The van der Waals surface area contributed by atoms with Crippen molar-refractivity contribution in [3.63, 3.8) is 0 Å². The highest BCUT2D eigenvalue weighted by Gasteiger charge is 2.14. The molecule has 7 nitrogen and oxygen atoms in total. The molecule has 0 bridgehead atoms. The van der Waals surface area contributed by atoms with Crippen LogP contribution in [0.5, 0.6) is 0 Å². The summed E-state index contributed by atoms with van der Waals surface area (Å²) >= 11 is 0. The molecule has 25 heavy (non-hydrogen) atoms. The Bertz CT molecular complexity index is 1200. The van der Waals surface area contributed by atoms with Crippen molar-refractivity contribution in [3.05, 3.63) is 66.9 Å². The van der Waals surface area contributed by atoms with Gasteiger partial charge in [0.15, 0.2) is 17.1 Å². The fourth-order valence-electron chi connectivity index (χ4n) is 2.92. The zero-order valence-corrected chi connectivity index (χ0v) is 13.4. The standard InChI is InChI=1S/C18H13N7/c1-12-4-2-3-5-15(12)25-17-14(10-21-25)18-22-16(23-24(18)11-20-17)13-6-8-19-9-7-13/h2-11H,1H3. The first-order chi connectivity index (χ1) is 12.3. The molecular weight excluding hydrogens is 314 g/mol. The van der Waals surface area contributed by atoms with E-state index in [1.807, 2.05) is 35.0 Å². The fraction of sp³-hybridized carbons (Fsp3) is 0.0556. The van der Waals surface area contributed by atoms with Gasteiger partial charge in [0.25, 0.3) is 0 Å². The molecule has 5 rings (SSSR count).